The Morgan fingerprint density at radius 3 is 2.43 bits per heavy atom. The van der Waals surface area contributed by atoms with Crippen molar-refractivity contribution in [2.45, 2.75) is 45.8 Å². The van der Waals surface area contributed by atoms with Gasteiger partial charge < -0.3 is 15.3 Å². The monoisotopic (exact) mass is 202 g/mol. The smallest absolute Gasteiger partial charge is 0.0524 e. The lowest BCUT2D eigenvalue weighted by Crippen LogP contribution is -2.35. The zero-order valence-electron chi connectivity index (χ0n) is 10.1. The maximum absolute atomic E-state index is 9.04. The molecular formula is C11H26N2O. The summed E-state index contributed by atoms with van der Waals surface area (Å²) in [5.41, 5.74) is 0. The Morgan fingerprint density at radius 2 is 1.93 bits per heavy atom. The first kappa shape index (κ1) is 13.9. The van der Waals surface area contributed by atoms with E-state index < -0.39 is 0 Å². The van der Waals surface area contributed by atoms with Crippen LogP contribution in [0.2, 0.25) is 0 Å². The Labute approximate surface area is 88.5 Å². The van der Waals surface area contributed by atoms with Crippen LogP contribution in [0.15, 0.2) is 0 Å². The van der Waals surface area contributed by atoms with Crippen LogP contribution >= 0.6 is 0 Å². The molecule has 2 atom stereocenters. The van der Waals surface area contributed by atoms with Gasteiger partial charge in [-0.2, -0.15) is 0 Å². The van der Waals surface area contributed by atoms with Gasteiger partial charge in [-0.3, -0.25) is 0 Å². The van der Waals surface area contributed by atoms with E-state index in [-0.39, 0.29) is 6.10 Å². The van der Waals surface area contributed by atoms with Crippen molar-refractivity contribution in [2.75, 3.05) is 26.7 Å². The molecule has 0 saturated heterocycles. The van der Waals surface area contributed by atoms with Crippen LogP contribution < -0.4 is 5.32 Å². The molecule has 0 aliphatic carbocycles. The molecule has 0 radical (unpaired) electrons. The Hall–Kier alpha value is -0.120. The summed E-state index contributed by atoms with van der Waals surface area (Å²) in [6.45, 7) is 9.28. The van der Waals surface area contributed by atoms with Crippen molar-refractivity contribution in [1.29, 1.82) is 0 Å². The average Bonchev–Trinajstić information content (AvgIpc) is 2.15. The van der Waals surface area contributed by atoms with E-state index in [1.54, 1.807) is 0 Å². The molecule has 3 heteroatoms. The van der Waals surface area contributed by atoms with Crippen molar-refractivity contribution in [3.63, 3.8) is 0 Å². The summed E-state index contributed by atoms with van der Waals surface area (Å²) in [6, 6.07) is 0.661. The molecule has 2 N–H and O–H groups in total. The molecule has 0 fully saturated rings. The molecule has 0 saturated carbocycles. The van der Waals surface area contributed by atoms with Crippen molar-refractivity contribution >= 4 is 0 Å². The van der Waals surface area contributed by atoms with E-state index in [0.29, 0.717) is 6.04 Å². The molecule has 3 nitrogen and oxygen atoms in total. The number of aliphatic hydroxyl groups is 1. The second-order valence-corrected chi connectivity index (χ2v) is 4.13. The summed E-state index contributed by atoms with van der Waals surface area (Å²) in [4.78, 5) is 2.36. The van der Waals surface area contributed by atoms with Gasteiger partial charge in [-0.05, 0) is 40.3 Å². The summed E-state index contributed by atoms with van der Waals surface area (Å²) in [7, 11) is 2.16. The molecule has 0 heterocycles. The number of likely N-dealkylation sites (N-methyl/N-ethyl adjacent to an activating group) is 1. The third kappa shape index (κ3) is 7.30. The van der Waals surface area contributed by atoms with Crippen LogP contribution in [-0.4, -0.2) is 48.8 Å². The molecule has 86 valence electrons. The number of rotatable bonds is 8. The molecular weight excluding hydrogens is 176 g/mol. The van der Waals surface area contributed by atoms with E-state index in [1.807, 2.05) is 6.92 Å². The fourth-order valence-corrected chi connectivity index (χ4v) is 1.22. The molecule has 0 aromatic carbocycles. The van der Waals surface area contributed by atoms with E-state index in [0.717, 1.165) is 26.1 Å². The third-order valence-corrected chi connectivity index (χ3v) is 2.72. The quantitative estimate of drug-likeness (QED) is 0.578. The van der Waals surface area contributed by atoms with Crippen LogP contribution in [0.1, 0.15) is 33.6 Å². The Kier molecular flexibility index (Phi) is 8.14. The number of nitrogens with one attached hydrogen (secondary N) is 1. The van der Waals surface area contributed by atoms with Gasteiger partial charge in [0.25, 0.3) is 0 Å². The van der Waals surface area contributed by atoms with Gasteiger partial charge >= 0.3 is 0 Å². The van der Waals surface area contributed by atoms with E-state index >= 15 is 0 Å². The zero-order chi connectivity index (χ0) is 11.0. The van der Waals surface area contributed by atoms with E-state index in [1.165, 1.54) is 6.42 Å². The first-order valence-corrected chi connectivity index (χ1v) is 5.67. The summed E-state index contributed by atoms with van der Waals surface area (Å²) < 4.78 is 0. The second-order valence-electron chi connectivity index (χ2n) is 4.13. The molecule has 0 rings (SSSR count). The van der Waals surface area contributed by atoms with Gasteiger partial charge in [0.2, 0.25) is 0 Å². The Morgan fingerprint density at radius 1 is 1.29 bits per heavy atom. The van der Waals surface area contributed by atoms with E-state index in [9.17, 15) is 0 Å². The maximum atomic E-state index is 9.04. The van der Waals surface area contributed by atoms with Gasteiger partial charge in [0.15, 0.2) is 0 Å². The Balaban J connectivity index is 3.27. The molecule has 2 unspecified atom stereocenters. The van der Waals surface area contributed by atoms with Crippen LogP contribution in [-0.2, 0) is 0 Å². The highest BCUT2D eigenvalue weighted by molar-refractivity contribution is 4.62. The van der Waals surface area contributed by atoms with Gasteiger partial charge in [0.05, 0.1) is 6.10 Å². The molecule has 0 aliphatic rings. The molecule has 0 bridgehead atoms. The SMILES string of the molecule is CCC(C)N(C)CCNCCC(C)O. The first-order chi connectivity index (χ1) is 6.57. The number of hydrogen-bond acceptors (Lipinski definition) is 3. The first-order valence-electron chi connectivity index (χ1n) is 5.67. The summed E-state index contributed by atoms with van der Waals surface area (Å²) in [5, 5.41) is 12.4. The topological polar surface area (TPSA) is 35.5 Å². The highest BCUT2D eigenvalue weighted by Gasteiger charge is 2.04. The lowest BCUT2D eigenvalue weighted by atomic mass is 10.2. The van der Waals surface area contributed by atoms with Gasteiger partial charge in [0.1, 0.15) is 0 Å². The summed E-state index contributed by atoms with van der Waals surface area (Å²) >= 11 is 0. The largest absolute Gasteiger partial charge is 0.393 e. The van der Waals surface area contributed by atoms with Crippen LogP contribution in [0, 0.1) is 0 Å². The van der Waals surface area contributed by atoms with Crippen molar-refractivity contribution in [3.05, 3.63) is 0 Å². The fraction of sp³-hybridized carbons (Fsp3) is 1.00. The molecule has 0 spiro atoms. The summed E-state index contributed by atoms with van der Waals surface area (Å²) in [6.07, 6.45) is 1.85. The van der Waals surface area contributed by atoms with E-state index in [4.69, 9.17) is 5.11 Å². The van der Waals surface area contributed by atoms with Gasteiger partial charge in [-0.15, -0.1) is 0 Å². The van der Waals surface area contributed by atoms with Gasteiger partial charge in [0, 0.05) is 19.1 Å². The normalized spacial score (nSPS) is 15.9. The molecule has 0 amide bonds. The molecule has 0 aromatic rings. The predicted molar refractivity (Wildman–Crippen MR) is 61.6 cm³/mol. The minimum atomic E-state index is -0.185. The molecule has 14 heavy (non-hydrogen) atoms. The molecule has 0 aromatic heterocycles. The average molecular weight is 202 g/mol. The van der Waals surface area contributed by atoms with Crippen LogP contribution in [0.25, 0.3) is 0 Å². The van der Waals surface area contributed by atoms with E-state index in [2.05, 4.69) is 31.1 Å². The van der Waals surface area contributed by atoms with Crippen molar-refractivity contribution < 1.29 is 5.11 Å². The lowest BCUT2D eigenvalue weighted by molar-refractivity contribution is 0.182. The molecule has 0 aliphatic heterocycles. The highest BCUT2D eigenvalue weighted by Crippen LogP contribution is 1.98. The van der Waals surface area contributed by atoms with Crippen molar-refractivity contribution in [1.82, 2.24) is 10.2 Å². The predicted octanol–water partition coefficient (Wildman–Crippen LogP) is 1.08. The van der Waals surface area contributed by atoms with Crippen LogP contribution in [0.5, 0.6) is 0 Å². The van der Waals surface area contributed by atoms with Crippen molar-refractivity contribution in [3.8, 4) is 0 Å². The van der Waals surface area contributed by atoms with Gasteiger partial charge in [-0.25, -0.2) is 0 Å². The number of hydrogen-bond donors (Lipinski definition) is 2. The lowest BCUT2D eigenvalue weighted by Gasteiger charge is -2.23. The van der Waals surface area contributed by atoms with Crippen molar-refractivity contribution in [2.24, 2.45) is 0 Å². The Bertz CT molecular complexity index is 128. The van der Waals surface area contributed by atoms with Crippen LogP contribution in [0.3, 0.4) is 0 Å². The summed E-state index contributed by atoms with van der Waals surface area (Å²) in [5.74, 6) is 0. The minimum Gasteiger partial charge on any atom is -0.393 e. The highest BCUT2D eigenvalue weighted by atomic mass is 16.3. The van der Waals surface area contributed by atoms with Gasteiger partial charge in [-0.1, -0.05) is 6.92 Å². The fourth-order valence-electron chi connectivity index (χ4n) is 1.22. The minimum absolute atomic E-state index is 0.185. The standard InChI is InChI=1S/C11H26N2O/c1-5-10(2)13(4)9-8-12-7-6-11(3)14/h10-12,14H,5-9H2,1-4H3. The number of nitrogens with zero attached hydrogens (tertiary/aromatic N) is 1. The zero-order valence-corrected chi connectivity index (χ0v) is 10.1. The van der Waals surface area contributed by atoms with Crippen LogP contribution in [0.4, 0.5) is 0 Å². The maximum Gasteiger partial charge on any atom is 0.0524 e. The third-order valence-electron chi connectivity index (χ3n) is 2.72. The number of aliphatic hydroxyl groups excluding tert-OH is 1. The second kappa shape index (κ2) is 8.21.